The molecule has 0 saturated heterocycles. The van der Waals surface area contributed by atoms with Crippen molar-refractivity contribution in [3.8, 4) is 0 Å². The van der Waals surface area contributed by atoms with E-state index in [1.54, 1.807) is 7.11 Å². The van der Waals surface area contributed by atoms with Gasteiger partial charge in [0.2, 0.25) is 0 Å². The number of hydrogen-bond acceptors (Lipinski definition) is 3. The standard InChI is InChI=1S/C9H10BrN3O/c1-14-5-7-9(11)13-4-6(10)2-3-8(13)12-7/h2-4H,5,11H2,1H3. The van der Waals surface area contributed by atoms with Gasteiger partial charge in [0, 0.05) is 17.8 Å². The van der Waals surface area contributed by atoms with Crippen LogP contribution in [-0.2, 0) is 11.3 Å². The summed E-state index contributed by atoms with van der Waals surface area (Å²) in [6.45, 7) is 0.436. The molecule has 4 nitrogen and oxygen atoms in total. The third-order valence-corrected chi connectivity index (χ3v) is 2.45. The second kappa shape index (κ2) is 3.59. The van der Waals surface area contributed by atoms with E-state index in [2.05, 4.69) is 20.9 Å². The van der Waals surface area contributed by atoms with Gasteiger partial charge in [-0.1, -0.05) is 0 Å². The number of rotatable bonds is 2. The number of nitrogens with zero attached hydrogens (tertiary/aromatic N) is 2. The maximum absolute atomic E-state index is 5.89. The summed E-state index contributed by atoms with van der Waals surface area (Å²) in [7, 11) is 1.62. The van der Waals surface area contributed by atoms with Gasteiger partial charge < -0.3 is 10.5 Å². The van der Waals surface area contributed by atoms with Crippen molar-refractivity contribution in [1.29, 1.82) is 0 Å². The van der Waals surface area contributed by atoms with Gasteiger partial charge in [0.25, 0.3) is 0 Å². The molecule has 74 valence electrons. The topological polar surface area (TPSA) is 52.5 Å². The van der Waals surface area contributed by atoms with E-state index in [9.17, 15) is 0 Å². The van der Waals surface area contributed by atoms with Crippen LogP contribution in [-0.4, -0.2) is 16.5 Å². The average Bonchev–Trinajstić information content (AvgIpc) is 2.46. The van der Waals surface area contributed by atoms with E-state index >= 15 is 0 Å². The average molecular weight is 256 g/mol. The van der Waals surface area contributed by atoms with Crippen molar-refractivity contribution in [2.45, 2.75) is 6.61 Å². The van der Waals surface area contributed by atoms with Gasteiger partial charge >= 0.3 is 0 Å². The van der Waals surface area contributed by atoms with Crippen LogP contribution in [0.15, 0.2) is 22.8 Å². The van der Waals surface area contributed by atoms with Gasteiger partial charge in [-0.3, -0.25) is 4.40 Å². The number of nitrogens with two attached hydrogens (primary N) is 1. The second-order valence-corrected chi connectivity index (χ2v) is 3.87. The van der Waals surface area contributed by atoms with E-state index < -0.39 is 0 Å². The molecule has 0 aliphatic carbocycles. The lowest BCUT2D eigenvalue weighted by Crippen LogP contribution is -1.97. The molecule has 2 heterocycles. The molecule has 0 aliphatic rings. The van der Waals surface area contributed by atoms with Gasteiger partial charge in [-0.05, 0) is 28.1 Å². The maximum atomic E-state index is 5.89. The first-order valence-electron chi connectivity index (χ1n) is 4.13. The lowest BCUT2D eigenvalue weighted by molar-refractivity contribution is 0.182. The van der Waals surface area contributed by atoms with Crippen LogP contribution in [0.4, 0.5) is 5.82 Å². The fraction of sp³-hybridized carbons (Fsp3) is 0.222. The molecule has 0 saturated carbocycles. The number of halogens is 1. The van der Waals surface area contributed by atoms with Crippen LogP contribution < -0.4 is 5.73 Å². The van der Waals surface area contributed by atoms with E-state index in [4.69, 9.17) is 10.5 Å². The minimum absolute atomic E-state index is 0.436. The Hall–Kier alpha value is -1.07. The Bertz CT molecular complexity index is 466. The molecule has 0 unspecified atom stereocenters. The number of aromatic nitrogens is 2. The van der Waals surface area contributed by atoms with E-state index in [1.807, 2.05) is 22.7 Å². The highest BCUT2D eigenvalue weighted by Gasteiger charge is 2.08. The van der Waals surface area contributed by atoms with Crippen molar-refractivity contribution in [1.82, 2.24) is 9.38 Å². The molecule has 0 amide bonds. The Morgan fingerprint density at radius 3 is 3.07 bits per heavy atom. The van der Waals surface area contributed by atoms with Crippen molar-refractivity contribution in [3.63, 3.8) is 0 Å². The van der Waals surface area contributed by atoms with Gasteiger partial charge in [-0.15, -0.1) is 0 Å². The third kappa shape index (κ3) is 1.49. The molecule has 2 aromatic rings. The number of fused-ring (bicyclic) bond motifs is 1. The van der Waals surface area contributed by atoms with Crippen LogP contribution in [0.5, 0.6) is 0 Å². The Kier molecular flexibility index (Phi) is 2.43. The Labute approximate surface area is 89.8 Å². The number of imidazole rings is 1. The molecule has 0 bridgehead atoms. The first-order valence-corrected chi connectivity index (χ1v) is 4.92. The van der Waals surface area contributed by atoms with E-state index in [-0.39, 0.29) is 0 Å². The number of hydrogen-bond donors (Lipinski definition) is 1. The molecule has 14 heavy (non-hydrogen) atoms. The largest absolute Gasteiger partial charge is 0.383 e. The zero-order valence-corrected chi connectivity index (χ0v) is 9.28. The molecule has 0 fully saturated rings. The highest BCUT2D eigenvalue weighted by molar-refractivity contribution is 9.10. The summed E-state index contributed by atoms with van der Waals surface area (Å²) in [4.78, 5) is 4.34. The first kappa shape index (κ1) is 9.48. The number of nitrogen functional groups attached to an aromatic ring is 1. The highest BCUT2D eigenvalue weighted by atomic mass is 79.9. The lowest BCUT2D eigenvalue weighted by Gasteiger charge is -1.97. The molecular weight excluding hydrogens is 246 g/mol. The molecule has 0 aromatic carbocycles. The normalized spacial score (nSPS) is 11.0. The zero-order chi connectivity index (χ0) is 10.1. The van der Waals surface area contributed by atoms with Crippen LogP contribution >= 0.6 is 15.9 Å². The molecule has 2 N–H and O–H groups in total. The van der Waals surface area contributed by atoms with Crippen LogP contribution in [0, 0.1) is 0 Å². The van der Waals surface area contributed by atoms with Crippen molar-refractivity contribution in [3.05, 3.63) is 28.5 Å². The predicted molar refractivity (Wildman–Crippen MR) is 58.0 cm³/mol. The number of pyridine rings is 1. The van der Waals surface area contributed by atoms with Crippen molar-refractivity contribution < 1.29 is 4.74 Å². The van der Waals surface area contributed by atoms with Gasteiger partial charge in [-0.25, -0.2) is 4.98 Å². The summed E-state index contributed by atoms with van der Waals surface area (Å²) >= 11 is 3.38. The molecule has 5 heteroatoms. The highest BCUT2D eigenvalue weighted by Crippen LogP contribution is 2.18. The number of methoxy groups -OCH3 is 1. The van der Waals surface area contributed by atoms with Crippen molar-refractivity contribution in [2.24, 2.45) is 0 Å². The summed E-state index contributed by atoms with van der Waals surface area (Å²) in [6.07, 6.45) is 1.89. The van der Waals surface area contributed by atoms with Crippen LogP contribution in [0.25, 0.3) is 5.65 Å². The van der Waals surface area contributed by atoms with Gasteiger partial charge in [-0.2, -0.15) is 0 Å². The monoisotopic (exact) mass is 255 g/mol. The smallest absolute Gasteiger partial charge is 0.138 e. The number of ether oxygens (including phenoxy) is 1. The van der Waals surface area contributed by atoms with Crippen LogP contribution in [0.2, 0.25) is 0 Å². The molecular formula is C9H10BrN3O. The predicted octanol–water partition coefficient (Wildman–Crippen LogP) is 1.83. The fourth-order valence-electron chi connectivity index (χ4n) is 1.33. The van der Waals surface area contributed by atoms with E-state index in [0.717, 1.165) is 15.8 Å². The molecule has 2 aromatic heterocycles. The Morgan fingerprint density at radius 1 is 1.57 bits per heavy atom. The lowest BCUT2D eigenvalue weighted by atomic mass is 10.4. The SMILES string of the molecule is COCc1nc2ccc(Br)cn2c1N. The van der Waals surface area contributed by atoms with Crippen LogP contribution in [0.3, 0.4) is 0 Å². The molecule has 0 aliphatic heterocycles. The summed E-state index contributed by atoms with van der Waals surface area (Å²) in [5, 5.41) is 0. The summed E-state index contributed by atoms with van der Waals surface area (Å²) in [5.74, 6) is 0.628. The molecule has 0 spiro atoms. The number of anilines is 1. The van der Waals surface area contributed by atoms with E-state index in [0.29, 0.717) is 12.4 Å². The first-order chi connectivity index (χ1) is 6.72. The maximum Gasteiger partial charge on any atom is 0.138 e. The minimum Gasteiger partial charge on any atom is -0.383 e. The summed E-state index contributed by atoms with van der Waals surface area (Å²) in [5.41, 5.74) is 7.49. The van der Waals surface area contributed by atoms with Gasteiger partial charge in [0.05, 0.1) is 6.61 Å². The molecule has 0 radical (unpaired) electrons. The Morgan fingerprint density at radius 2 is 2.36 bits per heavy atom. The Balaban J connectivity index is 2.62. The van der Waals surface area contributed by atoms with Crippen molar-refractivity contribution in [2.75, 3.05) is 12.8 Å². The minimum atomic E-state index is 0.436. The fourth-order valence-corrected chi connectivity index (χ4v) is 1.67. The van der Waals surface area contributed by atoms with Gasteiger partial charge in [0.1, 0.15) is 17.2 Å². The summed E-state index contributed by atoms with van der Waals surface area (Å²) < 4.78 is 7.80. The quantitative estimate of drug-likeness (QED) is 0.891. The van der Waals surface area contributed by atoms with Crippen molar-refractivity contribution >= 4 is 27.4 Å². The molecule has 0 atom stereocenters. The zero-order valence-electron chi connectivity index (χ0n) is 7.70. The second-order valence-electron chi connectivity index (χ2n) is 2.95. The molecule has 2 rings (SSSR count). The van der Waals surface area contributed by atoms with Crippen LogP contribution in [0.1, 0.15) is 5.69 Å². The van der Waals surface area contributed by atoms with Gasteiger partial charge in [0.15, 0.2) is 0 Å². The van der Waals surface area contributed by atoms with E-state index in [1.165, 1.54) is 0 Å². The summed E-state index contributed by atoms with van der Waals surface area (Å²) in [6, 6.07) is 3.83. The third-order valence-electron chi connectivity index (χ3n) is 1.98.